The minimum Gasteiger partial charge on any atom is -0.151 e. The van der Waals surface area contributed by atoms with E-state index in [2.05, 4.69) is 116 Å². The molecule has 0 unspecified atom stereocenters. The van der Waals surface area contributed by atoms with Crippen LogP contribution in [0.4, 0.5) is 0 Å². The predicted molar refractivity (Wildman–Crippen MR) is 132 cm³/mol. The minimum absolute atomic E-state index is 0.185. The molecule has 0 fully saturated rings. The molecule has 1 heteroatoms. The molecule has 0 aliphatic rings. The van der Waals surface area contributed by atoms with Crippen molar-refractivity contribution in [2.24, 2.45) is 0 Å². The molecule has 1 heterocycles. The molecule has 4 rings (SSSR count). The van der Waals surface area contributed by atoms with Gasteiger partial charge in [0, 0.05) is 5.92 Å². The van der Waals surface area contributed by atoms with E-state index in [0.717, 1.165) is 12.8 Å². The normalized spacial score (nSPS) is 11.7. The molecule has 0 aliphatic heterocycles. The Morgan fingerprint density at radius 2 is 1.20 bits per heavy atom. The summed E-state index contributed by atoms with van der Waals surface area (Å²) in [4.78, 5) is 0. The van der Waals surface area contributed by atoms with Crippen LogP contribution >= 0.6 is 11.3 Å². The topological polar surface area (TPSA) is 0 Å². The van der Waals surface area contributed by atoms with Crippen LogP contribution in [0, 0.1) is 0 Å². The van der Waals surface area contributed by atoms with Crippen LogP contribution < -0.4 is 0 Å². The monoisotopic (exact) mass is 410 g/mol. The molecule has 0 saturated heterocycles. The summed E-state index contributed by atoms with van der Waals surface area (Å²) in [6.07, 6.45) is 2.28. The summed E-state index contributed by atoms with van der Waals surface area (Å²) in [6.45, 7) is 7.03. The molecule has 3 aromatic carbocycles. The van der Waals surface area contributed by atoms with Crippen LogP contribution in [-0.4, -0.2) is 0 Å². The summed E-state index contributed by atoms with van der Waals surface area (Å²) in [7, 11) is 0. The first-order valence-corrected chi connectivity index (χ1v) is 11.9. The summed E-state index contributed by atoms with van der Waals surface area (Å²) in [6, 6.07) is 30.9. The Morgan fingerprint density at radius 1 is 0.667 bits per heavy atom. The van der Waals surface area contributed by atoms with Crippen molar-refractivity contribution in [2.45, 2.75) is 44.9 Å². The SMILES string of the molecule is CCC(C)(CC)c1ccccc1-c1cscc1C(c1ccccc1)c1ccccc1. The second kappa shape index (κ2) is 9.02. The van der Waals surface area contributed by atoms with Crippen molar-refractivity contribution in [3.8, 4) is 11.1 Å². The van der Waals surface area contributed by atoms with E-state index in [0.29, 0.717) is 0 Å². The number of benzene rings is 3. The van der Waals surface area contributed by atoms with Crippen LogP contribution in [0.5, 0.6) is 0 Å². The molecule has 0 radical (unpaired) electrons. The largest absolute Gasteiger partial charge is 0.151 e. The second-order valence-electron chi connectivity index (χ2n) is 8.31. The van der Waals surface area contributed by atoms with Gasteiger partial charge in [-0.3, -0.25) is 0 Å². The summed E-state index contributed by atoms with van der Waals surface area (Å²) < 4.78 is 0. The van der Waals surface area contributed by atoms with Gasteiger partial charge in [0.2, 0.25) is 0 Å². The van der Waals surface area contributed by atoms with Crippen molar-refractivity contribution in [3.63, 3.8) is 0 Å². The second-order valence-corrected chi connectivity index (χ2v) is 9.05. The van der Waals surface area contributed by atoms with E-state index in [1.165, 1.54) is 33.4 Å². The van der Waals surface area contributed by atoms with Gasteiger partial charge in [0.1, 0.15) is 0 Å². The lowest BCUT2D eigenvalue weighted by atomic mass is 9.73. The highest BCUT2D eigenvalue weighted by atomic mass is 32.1. The third-order valence-electron chi connectivity index (χ3n) is 6.70. The fourth-order valence-corrected chi connectivity index (χ4v) is 5.34. The summed E-state index contributed by atoms with van der Waals surface area (Å²) >= 11 is 1.81. The van der Waals surface area contributed by atoms with E-state index >= 15 is 0 Å². The molecular weight excluding hydrogens is 380 g/mol. The summed E-state index contributed by atoms with van der Waals surface area (Å²) in [5, 5.41) is 4.70. The van der Waals surface area contributed by atoms with Gasteiger partial charge >= 0.3 is 0 Å². The highest BCUT2D eigenvalue weighted by Gasteiger charge is 2.28. The molecule has 0 spiro atoms. The predicted octanol–water partition coefficient (Wildman–Crippen LogP) is 8.67. The lowest BCUT2D eigenvalue weighted by molar-refractivity contribution is 0.440. The molecule has 1 aromatic heterocycles. The van der Waals surface area contributed by atoms with Gasteiger partial charge in [-0.2, -0.15) is 11.3 Å². The van der Waals surface area contributed by atoms with E-state index in [4.69, 9.17) is 0 Å². The van der Waals surface area contributed by atoms with E-state index < -0.39 is 0 Å². The number of rotatable bonds is 7. The zero-order valence-electron chi connectivity index (χ0n) is 18.1. The fourth-order valence-electron chi connectivity index (χ4n) is 4.47. The van der Waals surface area contributed by atoms with Crippen LogP contribution in [0.15, 0.2) is 95.7 Å². The van der Waals surface area contributed by atoms with Gasteiger partial charge < -0.3 is 0 Å². The van der Waals surface area contributed by atoms with Crippen molar-refractivity contribution < 1.29 is 0 Å². The van der Waals surface area contributed by atoms with Crippen LogP contribution in [0.2, 0.25) is 0 Å². The zero-order chi connectivity index (χ0) is 21.0. The summed E-state index contributed by atoms with van der Waals surface area (Å²) in [5.74, 6) is 0.233. The standard InChI is InChI=1S/C29H30S/c1-4-29(3,5-2)27-19-13-12-18-24(27)25-20-30-21-26(25)28(22-14-8-6-9-15-22)23-16-10-7-11-17-23/h6-21,28H,4-5H2,1-3H3. The number of thiophene rings is 1. The number of hydrogen-bond acceptors (Lipinski definition) is 1. The average Bonchev–Trinajstić information content (AvgIpc) is 3.29. The maximum Gasteiger partial charge on any atom is 0.0354 e. The van der Waals surface area contributed by atoms with E-state index in [9.17, 15) is 0 Å². The Kier molecular flexibility index (Phi) is 6.20. The molecule has 0 amide bonds. The van der Waals surface area contributed by atoms with E-state index in [1.807, 2.05) is 11.3 Å². The Morgan fingerprint density at radius 3 is 1.77 bits per heavy atom. The average molecular weight is 411 g/mol. The van der Waals surface area contributed by atoms with Gasteiger partial charge in [0.15, 0.2) is 0 Å². The fraction of sp³-hybridized carbons (Fsp3) is 0.241. The first-order valence-electron chi connectivity index (χ1n) is 10.9. The molecule has 0 bridgehead atoms. The summed E-state index contributed by atoms with van der Waals surface area (Å²) in [5.41, 5.74) is 8.50. The van der Waals surface area contributed by atoms with Gasteiger partial charge in [-0.1, -0.05) is 106 Å². The molecule has 4 aromatic rings. The third kappa shape index (κ3) is 3.87. The van der Waals surface area contributed by atoms with E-state index in [-0.39, 0.29) is 11.3 Å². The Balaban J connectivity index is 1.91. The van der Waals surface area contributed by atoms with Crippen molar-refractivity contribution >= 4 is 11.3 Å². The number of hydrogen-bond donors (Lipinski definition) is 0. The van der Waals surface area contributed by atoms with Crippen LogP contribution in [-0.2, 0) is 5.41 Å². The Labute approximate surface area is 185 Å². The highest BCUT2D eigenvalue weighted by molar-refractivity contribution is 7.08. The molecule has 0 saturated carbocycles. The van der Waals surface area contributed by atoms with Crippen LogP contribution in [0.3, 0.4) is 0 Å². The molecule has 0 N–H and O–H groups in total. The van der Waals surface area contributed by atoms with Crippen LogP contribution in [0.1, 0.15) is 61.8 Å². The maximum atomic E-state index is 2.41. The zero-order valence-corrected chi connectivity index (χ0v) is 19.0. The van der Waals surface area contributed by atoms with Crippen molar-refractivity contribution in [1.29, 1.82) is 0 Å². The maximum absolute atomic E-state index is 2.41. The quantitative estimate of drug-likeness (QED) is 0.286. The van der Waals surface area contributed by atoms with Crippen LogP contribution in [0.25, 0.3) is 11.1 Å². The van der Waals surface area contributed by atoms with Crippen molar-refractivity contribution in [3.05, 3.63) is 118 Å². The van der Waals surface area contributed by atoms with Gasteiger partial charge in [0.05, 0.1) is 0 Å². The lowest BCUT2D eigenvalue weighted by Crippen LogP contribution is -2.20. The molecule has 0 atom stereocenters. The Hall–Kier alpha value is -2.64. The first-order chi connectivity index (χ1) is 14.7. The minimum atomic E-state index is 0.185. The Bertz CT molecular complexity index is 1030. The molecule has 0 nitrogen and oxygen atoms in total. The molecular formula is C29H30S. The van der Waals surface area contributed by atoms with Gasteiger partial charge in [0.25, 0.3) is 0 Å². The van der Waals surface area contributed by atoms with E-state index in [1.54, 1.807) is 0 Å². The first kappa shape index (κ1) is 20.6. The van der Waals surface area contributed by atoms with Gasteiger partial charge in [-0.25, -0.2) is 0 Å². The smallest absolute Gasteiger partial charge is 0.0354 e. The third-order valence-corrected chi connectivity index (χ3v) is 7.46. The van der Waals surface area contributed by atoms with Crippen molar-refractivity contribution in [2.75, 3.05) is 0 Å². The van der Waals surface area contributed by atoms with Gasteiger partial charge in [-0.05, 0) is 62.4 Å². The molecule has 152 valence electrons. The highest BCUT2D eigenvalue weighted by Crippen LogP contribution is 2.44. The molecule has 30 heavy (non-hydrogen) atoms. The molecule has 0 aliphatic carbocycles. The lowest BCUT2D eigenvalue weighted by Gasteiger charge is -2.30. The van der Waals surface area contributed by atoms with Crippen molar-refractivity contribution in [1.82, 2.24) is 0 Å². The van der Waals surface area contributed by atoms with Gasteiger partial charge in [-0.15, -0.1) is 0 Å².